The molecular weight excluding hydrogens is 230 g/mol. The lowest BCUT2D eigenvalue weighted by Gasteiger charge is -1.98. The summed E-state index contributed by atoms with van der Waals surface area (Å²) in [5.74, 6) is 0. The van der Waals surface area contributed by atoms with Crippen molar-refractivity contribution < 1.29 is 8.56 Å². The average molecular weight is 255 g/mol. The van der Waals surface area contributed by atoms with E-state index in [0.717, 1.165) is 0 Å². The first kappa shape index (κ1) is 11.4. The molecule has 0 spiro atoms. The molecule has 0 bridgehead atoms. The molecule has 0 amide bonds. The molecule has 102 valence electrons. The van der Waals surface area contributed by atoms with Crippen molar-refractivity contribution >= 4 is 34.0 Å². The fraction of sp³-hybridized carbons (Fsp3) is 0.0556. The van der Waals surface area contributed by atoms with Gasteiger partial charge in [0.25, 0.3) is 0 Å². The molecule has 0 fully saturated rings. The van der Waals surface area contributed by atoms with Crippen molar-refractivity contribution in [1.82, 2.24) is 4.57 Å². The Labute approximate surface area is 120 Å². The minimum absolute atomic E-state index is 0. The van der Waals surface area contributed by atoms with E-state index in [0.29, 0.717) is 0 Å². The van der Waals surface area contributed by atoms with Crippen molar-refractivity contribution in [2.45, 2.75) is 6.92 Å². The smallest absolute Gasteiger partial charge is 0.0608 e. The summed E-state index contributed by atoms with van der Waals surface area (Å²) in [5, 5.41) is 4.98. The Hall–Kier alpha value is -2.68. The number of aromatic nitrogens is 1. The number of nitrogens with zero attached hydrogens (tertiary/aromatic N) is 1. The Morgan fingerprint density at radius 3 is 2.74 bits per heavy atom. The topological polar surface area (TPSA) is 4.93 Å². The first-order valence-electron chi connectivity index (χ1n) is 6.20. The molecule has 19 heavy (non-hydrogen) atoms. The molecule has 0 aliphatic rings. The second-order valence-corrected chi connectivity index (χ2v) is 4.30. The summed E-state index contributed by atoms with van der Waals surface area (Å²) in [6, 6.07) is 12.7. The summed E-state index contributed by atoms with van der Waals surface area (Å²) in [6.45, 7) is 5.54. The maximum atomic E-state index is 3.49. The van der Waals surface area contributed by atoms with Gasteiger partial charge < -0.3 is 4.57 Å². The van der Waals surface area contributed by atoms with Gasteiger partial charge in [-0.1, -0.05) is 42.1 Å². The SMILES string of the molecule is C=C=C=C=Cn1/c(=C\C)c2cccc3cccc1c32.[HH].[HH].[HH].[HH].[HH].[HH]. The summed E-state index contributed by atoms with van der Waals surface area (Å²) in [7, 11) is 0. The van der Waals surface area contributed by atoms with Crippen molar-refractivity contribution in [3.05, 3.63) is 65.5 Å². The standard InChI is InChI=1S/C18H13N.6H2/c1-3-5-6-13-19-16(4-2)15-11-7-9-14-10-8-12-17(19)18(14)15;;;;;;/h4,7-13H,1H2,2H3;6*1H/b16-4-;;;;;;. The van der Waals surface area contributed by atoms with Gasteiger partial charge in [0.2, 0.25) is 0 Å². The van der Waals surface area contributed by atoms with E-state index >= 15 is 0 Å². The van der Waals surface area contributed by atoms with Crippen LogP contribution in [0.4, 0.5) is 0 Å². The van der Waals surface area contributed by atoms with Gasteiger partial charge in [-0.25, -0.2) is 0 Å². The molecule has 3 rings (SSSR count). The molecule has 0 saturated heterocycles. The van der Waals surface area contributed by atoms with Crippen LogP contribution in [0, 0.1) is 0 Å². The van der Waals surface area contributed by atoms with E-state index < -0.39 is 0 Å². The molecule has 0 radical (unpaired) electrons. The Kier molecular flexibility index (Phi) is 2.72. The van der Waals surface area contributed by atoms with Crippen LogP contribution in [-0.2, 0) is 0 Å². The quantitative estimate of drug-likeness (QED) is 0.516. The highest BCUT2D eigenvalue weighted by Gasteiger charge is 2.08. The number of hydrogen-bond donors (Lipinski definition) is 0. The fourth-order valence-electron chi connectivity index (χ4n) is 2.58. The number of hydrogen-bond acceptors (Lipinski definition) is 0. The molecular formula is C18H25N. The van der Waals surface area contributed by atoms with E-state index in [1.165, 1.54) is 27.0 Å². The highest BCUT2D eigenvalue weighted by molar-refractivity contribution is 6.10. The van der Waals surface area contributed by atoms with Crippen LogP contribution in [0.15, 0.2) is 60.2 Å². The fourth-order valence-corrected chi connectivity index (χ4v) is 2.58. The predicted molar refractivity (Wildman–Crippen MR) is 94.4 cm³/mol. The van der Waals surface area contributed by atoms with E-state index in [1.54, 1.807) is 0 Å². The minimum atomic E-state index is 0. The minimum Gasteiger partial charge on any atom is -0.308 e. The second kappa shape index (κ2) is 4.53. The van der Waals surface area contributed by atoms with Gasteiger partial charge >= 0.3 is 0 Å². The van der Waals surface area contributed by atoms with E-state index in [4.69, 9.17) is 0 Å². The predicted octanol–water partition coefficient (Wildman–Crippen LogP) is 5.36. The largest absolute Gasteiger partial charge is 0.308 e. The third-order valence-corrected chi connectivity index (χ3v) is 3.31. The highest BCUT2D eigenvalue weighted by atomic mass is 14.9. The van der Waals surface area contributed by atoms with Crippen molar-refractivity contribution in [1.29, 1.82) is 0 Å². The maximum absolute atomic E-state index is 3.49. The molecule has 0 N–H and O–H groups in total. The van der Waals surface area contributed by atoms with Crippen molar-refractivity contribution in [2.75, 3.05) is 0 Å². The Bertz CT molecular complexity index is 951. The molecule has 1 heteroatoms. The molecule has 1 heterocycles. The summed E-state index contributed by atoms with van der Waals surface area (Å²) >= 11 is 0. The van der Waals surface area contributed by atoms with E-state index in [-0.39, 0.29) is 8.56 Å². The molecule has 3 aromatic rings. The van der Waals surface area contributed by atoms with Crippen molar-refractivity contribution in [3.63, 3.8) is 0 Å². The van der Waals surface area contributed by atoms with Gasteiger partial charge in [0, 0.05) is 24.7 Å². The normalized spacial score (nSPS) is 11.3. The third kappa shape index (κ3) is 1.67. The lowest BCUT2D eigenvalue weighted by Crippen LogP contribution is -2.09. The molecule has 0 saturated carbocycles. The second-order valence-electron chi connectivity index (χ2n) is 4.30. The first-order valence-corrected chi connectivity index (χ1v) is 6.20. The Morgan fingerprint density at radius 1 is 1.21 bits per heavy atom. The average Bonchev–Trinajstić information content (AvgIpc) is 2.76. The third-order valence-electron chi connectivity index (χ3n) is 3.31. The maximum Gasteiger partial charge on any atom is 0.0608 e. The van der Waals surface area contributed by atoms with Gasteiger partial charge in [-0.3, -0.25) is 0 Å². The molecule has 0 aliphatic heterocycles. The summed E-state index contributed by atoms with van der Waals surface area (Å²) < 4.78 is 2.13. The summed E-state index contributed by atoms with van der Waals surface area (Å²) in [6.07, 6.45) is 3.99. The van der Waals surface area contributed by atoms with Gasteiger partial charge in [0.05, 0.1) is 11.7 Å². The van der Waals surface area contributed by atoms with Crippen LogP contribution in [-0.4, -0.2) is 4.57 Å². The van der Waals surface area contributed by atoms with E-state index in [1.807, 2.05) is 13.1 Å². The summed E-state index contributed by atoms with van der Waals surface area (Å²) in [5.41, 5.74) is 9.46. The van der Waals surface area contributed by atoms with Gasteiger partial charge in [0.15, 0.2) is 0 Å². The van der Waals surface area contributed by atoms with Crippen LogP contribution in [0.3, 0.4) is 0 Å². The first-order chi connectivity index (χ1) is 9.36. The monoisotopic (exact) mass is 255 g/mol. The molecule has 1 nitrogen and oxygen atoms in total. The molecule has 0 atom stereocenters. The van der Waals surface area contributed by atoms with Gasteiger partial charge in [0.1, 0.15) is 0 Å². The summed E-state index contributed by atoms with van der Waals surface area (Å²) in [4.78, 5) is 0. The van der Waals surface area contributed by atoms with E-state index in [2.05, 4.69) is 70.8 Å². The van der Waals surface area contributed by atoms with Gasteiger partial charge in [-0.05, 0) is 36.4 Å². The van der Waals surface area contributed by atoms with Crippen LogP contribution >= 0.6 is 0 Å². The highest BCUT2D eigenvalue weighted by Crippen LogP contribution is 2.25. The molecule has 2 aromatic carbocycles. The zero-order chi connectivity index (χ0) is 13.2. The van der Waals surface area contributed by atoms with E-state index in [9.17, 15) is 0 Å². The lowest BCUT2D eigenvalue weighted by atomic mass is 10.1. The van der Waals surface area contributed by atoms with Crippen molar-refractivity contribution in [3.8, 4) is 0 Å². The Morgan fingerprint density at radius 2 is 2.00 bits per heavy atom. The van der Waals surface area contributed by atoms with Crippen LogP contribution in [0.5, 0.6) is 0 Å². The molecule has 0 aliphatic carbocycles. The van der Waals surface area contributed by atoms with Gasteiger partial charge in [-0.15, -0.1) is 0 Å². The Balaban J connectivity index is -0.000000367. The number of rotatable bonds is 1. The molecule has 0 unspecified atom stereocenters. The van der Waals surface area contributed by atoms with Crippen LogP contribution in [0.1, 0.15) is 15.5 Å². The molecule has 1 aromatic heterocycles. The lowest BCUT2D eigenvalue weighted by molar-refractivity contribution is 1.17. The van der Waals surface area contributed by atoms with Crippen LogP contribution in [0.2, 0.25) is 0 Å². The number of benzene rings is 2. The van der Waals surface area contributed by atoms with Crippen molar-refractivity contribution in [2.24, 2.45) is 0 Å². The van der Waals surface area contributed by atoms with Gasteiger partial charge in [-0.2, -0.15) is 0 Å². The van der Waals surface area contributed by atoms with Crippen LogP contribution in [0.25, 0.3) is 34.0 Å². The zero-order valence-corrected chi connectivity index (χ0v) is 10.8. The zero-order valence-electron chi connectivity index (χ0n) is 10.8. The van der Waals surface area contributed by atoms with Crippen LogP contribution < -0.4 is 5.35 Å².